The smallest absolute Gasteiger partial charge is 0.480 e. The van der Waals surface area contributed by atoms with Crippen molar-refractivity contribution in [3.05, 3.63) is 29.8 Å². The molecule has 0 spiro atoms. The van der Waals surface area contributed by atoms with Gasteiger partial charge in [-0.15, -0.1) is 0 Å². The molecule has 5 nitrogen and oxygen atoms in total. The van der Waals surface area contributed by atoms with Gasteiger partial charge in [0.25, 0.3) is 0 Å². The molecule has 0 amide bonds. The van der Waals surface area contributed by atoms with Crippen molar-refractivity contribution >= 4 is 18.6 Å². The van der Waals surface area contributed by atoms with Crippen molar-refractivity contribution < 1.29 is 19.9 Å². The standard InChI is InChI=1S/C9H12BNO4/c11-8(9(12)13)5-6-1-3-7(4-2-6)10(14)15/h1-4,8,14-15H,5,11H2,(H,12,13)/t8-/m1/s1. The molecule has 80 valence electrons. The molecule has 1 rings (SSSR count). The van der Waals surface area contributed by atoms with Gasteiger partial charge in [-0.2, -0.15) is 0 Å². The highest BCUT2D eigenvalue weighted by Gasteiger charge is 2.13. The normalized spacial score (nSPS) is 12.2. The van der Waals surface area contributed by atoms with E-state index in [1.165, 1.54) is 12.1 Å². The summed E-state index contributed by atoms with van der Waals surface area (Å²) in [4.78, 5) is 10.5. The maximum atomic E-state index is 10.5. The molecule has 0 aliphatic heterocycles. The second kappa shape index (κ2) is 4.93. The van der Waals surface area contributed by atoms with Gasteiger partial charge in [0.2, 0.25) is 0 Å². The van der Waals surface area contributed by atoms with Crippen LogP contribution in [0.2, 0.25) is 0 Å². The van der Waals surface area contributed by atoms with Crippen LogP contribution in [-0.2, 0) is 11.2 Å². The van der Waals surface area contributed by atoms with E-state index in [-0.39, 0.29) is 6.42 Å². The molecule has 0 aliphatic carbocycles. The fourth-order valence-electron chi connectivity index (χ4n) is 1.17. The van der Waals surface area contributed by atoms with Gasteiger partial charge in [0.05, 0.1) is 0 Å². The van der Waals surface area contributed by atoms with Gasteiger partial charge >= 0.3 is 13.1 Å². The van der Waals surface area contributed by atoms with Gasteiger partial charge in [-0.1, -0.05) is 24.3 Å². The van der Waals surface area contributed by atoms with Crippen LogP contribution >= 0.6 is 0 Å². The third-order valence-electron chi connectivity index (χ3n) is 2.05. The third-order valence-corrected chi connectivity index (χ3v) is 2.05. The summed E-state index contributed by atoms with van der Waals surface area (Å²) in [6.45, 7) is 0. The molecular weight excluding hydrogens is 197 g/mol. The molecule has 0 saturated carbocycles. The van der Waals surface area contributed by atoms with Crippen LogP contribution in [0, 0.1) is 0 Å². The fraction of sp³-hybridized carbons (Fsp3) is 0.222. The van der Waals surface area contributed by atoms with Gasteiger partial charge in [-0.05, 0) is 17.4 Å². The predicted octanol–water partition coefficient (Wildman–Crippen LogP) is -1.68. The highest BCUT2D eigenvalue weighted by atomic mass is 16.4. The molecule has 0 aliphatic rings. The van der Waals surface area contributed by atoms with Crippen molar-refractivity contribution in [2.24, 2.45) is 5.73 Å². The summed E-state index contributed by atoms with van der Waals surface area (Å²) >= 11 is 0. The Bertz CT molecular complexity index is 338. The summed E-state index contributed by atoms with van der Waals surface area (Å²) in [6.07, 6.45) is 0.219. The Morgan fingerprint density at radius 2 is 1.87 bits per heavy atom. The Labute approximate surface area is 87.3 Å². The molecule has 0 saturated heterocycles. The zero-order valence-electron chi connectivity index (χ0n) is 8.00. The summed E-state index contributed by atoms with van der Waals surface area (Å²) in [5.74, 6) is -1.05. The summed E-state index contributed by atoms with van der Waals surface area (Å²) in [6, 6.07) is 5.35. The van der Waals surface area contributed by atoms with E-state index in [4.69, 9.17) is 20.9 Å². The number of rotatable bonds is 4. The number of hydrogen-bond donors (Lipinski definition) is 4. The van der Waals surface area contributed by atoms with Gasteiger partial charge < -0.3 is 20.9 Å². The van der Waals surface area contributed by atoms with E-state index in [0.29, 0.717) is 5.46 Å². The molecule has 0 unspecified atom stereocenters. The monoisotopic (exact) mass is 209 g/mol. The van der Waals surface area contributed by atoms with Gasteiger partial charge in [0, 0.05) is 0 Å². The van der Waals surface area contributed by atoms with Crippen molar-refractivity contribution in [1.82, 2.24) is 0 Å². The Morgan fingerprint density at radius 1 is 1.33 bits per heavy atom. The minimum atomic E-state index is -1.51. The number of nitrogens with two attached hydrogens (primary N) is 1. The Kier molecular flexibility index (Phi) is 3.84. The van der Waals surface area contributed by atoms with Gasteiger partial charge in [0.15, 0.2) is 0 Å². The average molecular weight is 209 g/mol. The number of benzene rings is 1. The van der Waals surface area contributed by atoms with Crippen molar-refractivity contribution in [1.29, 1.82) is 0 Å². The second-order valence-corrected chi connectivity index (χ2v) is 3.26. The molecular formula is C9H12BNO4. The van der Waals surface area contributed by atoms with Crippen LogP contribution in [0.4, 0.5) is 0 Å². The Balaban J connectivity index is 2.68. The zero-order chi connectivity index (χ0) is 11.4. The highest BCUT2D eigenvalue weighted by Crippen LogP contribution is 2.01. The van der Waals surface area contributed by atoms with E-state index < -0.39 is 19.1 Å². The number of carboxylic acids is 1. The lowest BCUT2D eigenvalue weighted by Crippen LogP contribution is -2.33. The van der Waals surface area contributed by atoms with E-state index in [2.05, 4.69) is 0 Å². The maximum Gasteiger partial charge on any atom is 0.488 e. The molecule has 1 aromatic rings. The van der Waals surface area contributed by atoms with Crippen molar-refractivity contribution in [2.45, 2.75) is 12.5 Å². The third kappa shape index (κ3) is 3.36. The number of aliphatic carboxylic acids is 1. The largest absolute Gasteiger partial charge is 0.488 e. The predicted molar refractivity (Wildman–Crippen MR) is 55.6 cm³/mol. The molecule has 5 N–H and O–H groups in total. The number of carboxylic acid groups (broad SMARTS) is 1. The molecule has 6 heteroatoms. The first kappa shape index (κ1) is 11.7. The highest BCUT2D eigenvalue weighted by molar-refractivity contribution is 6.58. The Hall–Kier alpha value is -1.37. The molecule has 0 bridgehead atoms. The zero-order valence-corrected chi connectivity index (χ0v) is 8.00. The van der Waals surface area contributed by atoms with Crippen LogP contribution in [0.1, 0.15) is 5.56 Å². The SMILES string of the molecule is N[C@H](Cc1ccc(B(O)O)cc1)C(=O)O. The summed E-state index contributed by atoms with van der Waals surface area (Å²) in [7, 11) is -1.51. The van der Waals surface area contributed by atoms with Crippen LogP contribution in [0.3, 0.4) is 0 Å². The minimum Gasteiger partial charge on any atom is -0.480 e. The first-order valence-electron chi connectivity index (χ1n) is 4.44. The first-order chi connectivity index (χ1) is 7.00. The van der Waals surface area contributed by atoms with Crippen LogP contribution in [0.25, 0.3) is 0 Å². The van der Waals surface area contributed by atoms with Crippen LogP contribution in [-0.4, -0.2) is 34.3 Å². The van der Waals surface area contributed by atoms with Crippen molar-refractivity contribution in [3.63, 3.8) is 0 Å². The lowest BCUT2D eigenvalue weighted by Gasteiger charge is -2.07. The van der Waals surface area contributed by atoms with Crippen LogP contribution in [0.15, 0.2) is 24.3 Å². The molecule has 0 aromatic heterocycles. The minimum absolute atomic E-state index is 0.219. The molecule has 1 aromatic carbocycles. The first-order valence-corrected chi connectivity index (χ1v) is 4.44. The van der Waals surface area contributed by atoms with E-state index in [9.17, 15) is 4.79 Å². The average Bonchev–Trinajstić information content (AvgIpc) is 2.18. The number of hydrogen-bond acceptors (Lipinski definition) is 4. The summed E-state index contributed by atoms with van der Waals surface area (Å²) in [5, 5.41) is 26.2. The molecule has 1 atom stereocenters. The lowest BCUT2D eigenvalue weighted by molar-refractivity contribution is -0.138. The lowest BCUT2D eigenvalue weighted by atomic mass is 9.80. The van der Waals surface area contributed by atoms with Gasteiger partial charge in [-0.3, -0.25) is 4.79 Å². The van der Waals surface area contributed by atoms with E-state index >= 15 is 0 Å². The van der Waals surface area contributed by atoms with E-state index in [1.54, 1.807) is 12.1 Å². The van der Waals surface area contributed by atoms with Gasteiger partial charge in [-0.25, -0.2) is 0 Å². The summed E-state index contributed by atoms with van der Waals surface area (Å²) < 4.78 is 0. The fourth-order valence-corrected chi connectivity index (χ4v) is 1.17. The maximum absolute atomic E-state index is 10.5. The second-order valence-electron chi connectivity index (χ2n) is 3.26. The molecule has 15 heavy (non-hydrogen) atoms. The van der Waals surface area contributed by atoms with Crippen molar-refractivity contribution in [3.8, 4) is 0 Å². The molecule has 0 fully saturated rings. The van der Waals surface area contributed by atoms with Crippen LogP contribution in [0.5, 0.6) is 0 Å². The van der Waals surface area contributed by atoms with E-state index in [1.807, 2.05) is 0 Å². The number of carbonyl (C=O) groups is 1. The molecule has 0 radical (unpaired) electrons. The summed E-state index contributed by atoms with van der Waals surface area (Å²) in [5.41, 5.74) is 6.46. The quantitative estimate of drug-likeness (QED) is 0.443. The molecule has 0 heterocycles. The van der Waals surface area contributed by atoms with Crippen LogP contribution < -0.4 is 11.2 Å². The van der Waals surface area contributed by atoms with Gasteiger partial charge in [0.1, 0.15) is 6.04 Å². The van der Waals surface area contributed by atoms with E-state index in [0.717, 1.165) is 5.56 Å². The Morgan fingerprint density at radius 3 is 2.27 bits per heavy atom. The van der Waals surface area contributed by atoms with Crippen molar-refractivity contribution in [2.75, 3.05) is 0 Å². The topological polar surface area (TPSA) is 104 Å².